The molecule has 2 fully saturated rings. The minimum absolute atomic E-state index is 0.354. The van der Waals surface area contributed by atoms with Crippen molar-refractivity contribution in [1.82, 2.24) is 0 Å². The summed E-state index contributed by atoms with van der Waals surface area (Å²) in [6.07, 6.45) is -10.3. The first kappa shape index (κ1) is 21.3. The highest BCUT2D eigenvalue weighted by atomic mass is 32.2. The summed E-state index contributed by atoms with van der Waals surface area (Å²) in [5.74, 6) is 0.354. The van der Waals surface area contributed by atoms with Crippen LogP contribution >= 0.6 is 11.8 Å². The van der Waals surface area contributed by atoms with E-state index in [1.54, 1.807) is 6.92 Å². The van der Waals surface area contributed by atoms with Crippen LogP contribution in [-0.4, -0.2) is 120 Å². The first-order valence-corrected chi connectivity index (χ1v) is 9.02. The summed E-state index contributed by atoms with van der Waals surface area (Å²) in [5, 5.41) is 82.1. The zero-order valence-corrected chi connectivity index (χ0v) is 14.5. The van der Waals surface area contributed by atoms with Crippen molar-refractivity contribution in [2.75, 3.05) is 25.6 Å². The highest BCUT2D eigenvalue weighted by Crippen LogP contribution is 2.47. The van der Waals surface area contributed by atoms with Gasteiger partial charge in [-0.15, -0.1) is 11.8 Å². The third-order valence-corrected chi connectivity index (χ3v) is 6.00. The minimum atomic E-state index is -2.76. The van der Waals surface area contributed by atoms with Gasteiger partial charge >= 0.3 is 0 Å². The van der Waals surface area contributed by atoms with Crippen LogP contribution in [0, 0.1) is 0 Å². The zero-order chi connectivity index (χ0) is 19.0. The Hall–Kier alpha value is -0.0500. The van der Waals surface area contributed by atoms with Gasteiger partial charge in [-0.1, -0.05) is 6.92 Å². The van der Waals surface area contributed by atoms with E-state index in [-0.39, 0.29) is 0 Å². The molecule has 0 unspecified atom stereocenters. The van der Waals surface area contributed by atoms with E-state index in [0.29, 0.717) is 5.75 Å². The second-order valence-electron chi connectivity index (χ2n) is 6.25. The summed E-state index contributed by atoms with van der Waals surface area (Å²) < 4.78 is 10.6. The fraction of sp³-hybridized carbons (Fsp3) is 1.00. The van der Waals surface area contributed by atoms with Gasteiger partial charge in [0.25, 0.3) is 0 Å². The van der Waals surface area contributed by atoms with E-state index in [2.05, 4.69) is 0 Å². The lowest BCUT2D eigenvalue weighted by molar-refractivity contribution is -0.365. The molecule has 2 saturated heterocycles. The molecule has 148 valence electrons. The van der Waals surface area contributed by atoms with Crippen LogP contribution in [-0.2, 0) is 9.47 Å². The maximum atomic E-state index is 11.2. The topological polar surface area (TPSA) is 180 Å². The van der Waals surface area contributed by atoms with Crippen LogP contribution in [0.25, 0.3) is 0 Å². The van der Waals surface area contributed by atoms with E-state index < -0.39 is 73.1 Å². The predicted octanol–water partition coefficient (Wildman–Crippen LogP) is -4.25. The molecule has 0 aromatic carbocycles. The van der Waals surface area contributed by atoms with E-state index in [1.165, 1.54) is 0 Å². The monoisotopic (exact) mass is 386 g/mol. The molecular formula is C14H26O10S. The Labute approximate surface area is 148 Å². The fourth-order valence-electron chi connectivity index (χ4n) is 3.44. The number of aliphatic hydroxyl groups excluding tert-OH is 6. The Balaban J connectivity index is 2.55. The van der Waals surface area contributed by atoms with E-state index in [9.17, 15) is 40.9 Å². The molecule has 2 heterocycles. The first-order valence-electron chi connectivity index (χ1n) is 7.97. The average Bonchev–Trinajstić information content (AvgIpc) is 2.60. The molecule has 0 saturated carbocycles. The van der Waals surface area contributed by atoms with Crippen molar-refractivity contribution in [3.05, 3.63) is 0 Å². The summed E-state index contributed by atoms with van der Waals surface area (Å²) in [5.41, 5.74) is -6.87. The smallest absolute Gasteiger partial charge is 0.162 e. The van der Waals surface area contributed by atoms with Crippen LogP contribution < -0.4 is 0 Å². The molecule has 2 aliphatic heterocycles. The molecule has 0 aromatic heterocycles. The largest absolute Gasteiger partial charge is 0.394 e. The summed E-state index contributed by atoms with van der Waals surface area (Å²) in [6.45, 7) is -0.192. The van der Waals surface area contributed by atoms with Crippen molar-refractivity contribution in [2.24, 2.45) is 0 Å². The molecule has 10 nitrogen and oxygen atoms in total. The maximum Gasteiger partial charge on any atom is 0.162 e. The Morgan fingerprint density at radius 2 is 1.64 bits per heavy atom. The molecule has 11 heteroatoms. The van der Waals surface area contributed by atoms with Gasteiger partial charge in [0.2, 0.25) is 0 Å². The Morgan fingerprint density at radius 3 is 2.16 bits per heavy atom. The zero-order valence-electron chi connectivity index (χ0n) is 13.7. The lowest BCUT2D eigenvalue weighted by Gasteiger charge is -2.59. The molecule has 8 N–H and O–H groups in total. The second kappa shape index (κ2) is 7.90. The molecule has 0 bridgehead atoms. The number of ether oxygens (including phenoxy) is 2. The highest BCUT2D eigenvalue weighted by molar-refractivity contribution is 7.99. The Kier molecular flexibility index (Phi) is 6.72. The normalized spacial score (nSPS) is 51.5. The summed E-state index contributed by atoms with van der Waals surface area (Å²) >= 11 is 0.948. The van der Waals surface area contributed by atoms with E-state index in [1.807, 2.05) is 0 Å². The predicted molar refractivity (Wildman–Crippen MR) is 84.6 cm³/mol. The highest BCUT2D eigenvalue weighted by Gasteiger charge is 2.72. The van der Waals surface area contributed by atoms with Gasteiger partial charge in [0.05, 0.1) is 19.8 Å². The van der Waals surface area contributed by atoms with E-state index >= 15 is 0 Å². The van der Waals surface area contributed by atoms with E-state index in [4.69, 9.17) is 9.47 Å². The van der Waals surface area contributed by atoms with E-state index in [0.717, 1.165) is 11.8 Å². The van der Waals surface area contributed by atoms with Crippen LogP contribution in [0.15, 0.2) is 0 Å². The number of rotatable bonds is 5. The van der Waals surface area contributed by atoms with Gasteiger partial charge in [0.15, 0.2) is 11.2 Å². The summed E-state index contributed by atoms with van der Waals surface area (Å²) in [6, 6.07) is 0. The molecule has 0 spiro atoms. The summed E-state index contributed by atoms with van der Waals surface area (Å²) in [7, 11) is 0. The van der Waals surface area contributed by atoms with Gasteiger partial charge in [-0.05, 0) is 5.75 Å². The van der Waals surface area contributed by atoms with Crippen molar-refractivity contribution in [3.8, 4) is 0 Å². The lowest BCUT2D eigenvalue weighted by atomic mass is 9.67. The van der Waals surface area contributed by atoms with Crippen LogP contribution in [0.5, 0.6) is 0 Å². The van der Waals surface area contributed by atoms with Crippen LogP contribution in [0.4, 0.5) is 0 Å². The fourth-order valence-corrected chi connectivity index (χ4v) is 4.55. The molecule has 25 heavy (non-hydrogen) atoms. The molecule has 0 aliphatic carbocycles. The standard InChI is InChI=1S/C14H26O10S/c1-2-25-12-14(22,11(20)9(18)7(3-15)24-12)13(21)8(4-16)23-5-6(17)10(13)19/h6-12,15-22H,2-5H2,1H3/t6-,7+,8+,9-,10+,11-,12-,13+,14+/m0/s1. The van der Waals surface area contributed by atoms with Crippen LogP contribution in [0.2, 0.25) is 0 Å². The third kappa shape index (κ3) is 3.11. The number of thioether (sulfide) groups is 1. The van der Waals surface area contributed by atoms with Gasteiger partial charge in [-0.2, -0.15) is 0 Å². The van der Waals surface area contributed by atoms with Crippen molar-refractivity contribution in [3.63, 3.8) is 0 Å². The van der Waals surface area contributed by atoms with Crippen molar-refractivity contribution < 1.29 is 50.3 Å². The van der Waals surface area contributed by atoms with Crippen LogP contribution in [0.1, 0.15) is 6.92 Å². The van der Waals surface area contributed by atoms with Gasteiger partial charge in [0, 0.05) is 0 Å². The Bertz CT molecular complexity index is 451. The van der Waals surface area contributed by atoms with Crippen molar-refractivity contribution >= 4 is 11.8 Å². The first-order chi connectivity index (χ1) is 11.7. The molecule has 0 radical (unpaired) electrons. The quantitative estimate of drug-likeness (QED) is 0.229. The molecule has 2 aliphatic rings. The molecule has 0 aromatic rings. The van der Waals surface area contributed by atoms with Crippen LogP contribution in [0.3, 0.4) is 0 Å². The number of hydrogen-bond acceptors (Lipinski definition) is 11. The van der Waals surface area contributed by atoms with Gasteiger partial charge in [0.1, 0.15) is 42.1 Å². The molecule has 9 atom stereocenters. The van der Waals surface area contributed by atoms with Gasteiger partial charge in [-0.3, -0.25) is 0 Å². The molecule has 0 amide bonds. The number of aliphatic hydroxyl groups is 8. The minimum Gasteiger partial charge on any atom is -0.394 e. The SMILES string of the molecule is CCS[C@@H]1O[C@H](CO)[C@H](O)[C@H](O)[C@]1(O)[C@]1(O)[C@H](O)[C@@H](O)CO[C@@H]1CO. The lowest BCUT2D eigenvalue weighted by Crippen LogP contribution is -2.83. The average molecular weight is 386 g/mol. The Morgan fingerprint density at radius 1 is 1.00 bits per heavy atom. The van der Waals surface area contributed by atoms with Crippen molar-refractivity contribution in [1.29, 1.82) is 0 Å². The third-order valence-electron chi connectivity index (χ3n) is 4.89. The van der Waals surface area contributed by atoms with Gasteiger partial charge in [-0.25, -0.2) is 0 Å². The molecular weight excluding hydrogens is 360 g/mol. The second-order valence-corrected chi connectivity index (χ2v) is 7.59. The summed E-state index contributed by atoms with van der Waals surface area (Å²) in [4.78, 5) is 0. The van der Waals surface area contributed by atoms with Gasteiger partial charge < -0.3 is 50.3 Å². The van der Waals surface area contributed by atoms with Crippen molar-refractivity contribution in [2.45, 2.75) is 60.2 Å². The number of hydrogen-bond donors (Lipinski definition) is 8. The maximum absolute atomic E-state index is 11.2. The molecule has 2 rings (SSSR count).